The van der Waals surface area contributed by atoms with E-state index in [1.165, 1.54) is 19.3 Å². The Bertz CT molecular complexity index is 345. The molecule has 0 aromatic carbocycles. The molecule has 136 valence electrons. The molecule has 0 saturated heterocycles. The Balaban J connectivity index is 3.62. The Labute approximate surface area is 146 Å². The number of nitrogens with one attached hydrogen (secondary N) is 4. The van der Waals surface area contributed by atoms with Gasteiger partial charge in [0.2, 0.25) is 5.91 Å². The van der Waals surface area contributed by atoms with Crippen LogP contribution in [0.3, 0.4) is 0 Å². The standard InChI is InChI=1S/C16H34N4O2S/c1-13(14(21)20-16(2,3)4)19-15(22)18-11-10-17-9-7-5-6-8-12-23/h13,17,23H,5-12H2,1-4H3,(H,20,21)(H2,18,19,22)/t13-/m1/s1. The van der Waals surface area contributed by atoms with Crippen LogP contribution >= 0.6 is 12.6 Å². The molecule has 0 fully saturated rings. The molecule has 0 spiro atoms. The predicted molar refractivity (Wildman–Crippen MR) is 99.1 cm³/mol. The van der Waals surface area contributed by atoms with E-state index in [2.05, 4.69) is 33.9 Å². The van der Waals surface area contributed by atoms with Crippen molar-refractivity contribution in [2.75, 3.05) is 25.4 Å². The lowest BCUT2D eigenvalue weighted by Crippen LogP contribution is -2.53. The second-order valence-corrected chi connectivity index (χ2v) is 7.20. The highest BCUT2D eigenvalue weighted by Gasteiger charge is 2.20. The third-order valence-electron chi connectivity index (χ3n) is 3.09. The van der Waals surface area contributed by atoms with Crippen molar-refractivity contribution in [2.24, 2.45) is 0 Å². The van der Waals surface area contributed by atoms with Crippen LogP contribution in [-0.4, -0.2) is 48.9 Å². The number of urea groups is 1. The van der Waals surface area contributed by atoms with Crippen LogP contribution in [0.1, 0.15) is 53.4 Å². The third-order valence-corrected chi connectivity index (χ3v) is 3.40. The topological polar surface area (TPSA) is 82.3 Å². The first-order valence-electron chi connectivity index (χ1n) is 8.44. The molecule has 23 heavy (non-hydrogen) atoms. The fourth-order valence-electron chi connectivity index (χ4n) is 1.90. The Morgan fingerprint density at radius 2 is 1.65 bits per heavy atom. The van der Waals surface area contributed by atoms with Gasteiger partial charge in [-0.1, -0.05) is 12.8 Å². The summed E-state index contributed by atoms with van der Waals surface area (Å²) in [4.78, 5) is 23.5. The van der Waals surface area contributed by atoms with Gasteiger partial charge >= 0.3 is 6.03 Å². The summed E-state index contributed by atoms with van der Waals surface area (Å²) in [5.41, 5.74) is -0.305. The van der Waals surface area contributed by atoms with Crippen molar-refractivity contribution in [1.29, 1.82) is 0 Å². The highest BCUT2D eigenvalue weighted by atomic mass is 32.1. The fourth-order valence-corrected chi connectivity index (χ4v) is 2.12. The van der Waals surface area contributed by atoms with Crippen LogP contribution in [0.25, 0.3) is 0 Å². The van der Waals surface area contributed by atoms with Crippen LogP contribution in [0, 0.1) is 0 Å². The lowest BCUT2D eigenvalue weighted by atomic mass is 10.1. The molecule has 3 amide bonds. The molecule has 0 rings (SSSR count). The van der Waals surface area contributed by atoms with Gasteiger partial charge < -0.3 is 21.3 Å². The van der Waals surface area contributed by atoms with Crippen molar-refractivity contribution in [1.82, 2.24) is 21.3 Å². The first-order chi connectivity index (χ1) is 10.8. The third kappa shape index (κ3) is 14.4. The minimum Gasteiger partial charge on any atom is -0.350 e. The smallest absolute Gasteiger partial charge is 0.315 e. The molecular formula is C16H34N4O2S. The van der Waals surface area contributed by atoms with Gasteiger partial charge in [0.15, 0.2) is 0 Å². The zero-order valence-electron chi connectivity index (χ0n) is 15.0. The first kappa shape index (κ1) is 22.1. The molecule has 0 aromatic heterocycles. The Kier molecular flexibility index (Phi) is 12.0. The molecule has 0 aliphatic heterocycles. The van der Waals surface area contributed by atoms with Crippen molar-refractivity contribution < 1.29 is 9.59 Å². The van der Waals surface area contributed by atoms with E-state index in [4.69, 9.17) is 0 Å². The van der Waals surface area contributed by atoms with Crippen molar-refractivity contribution >= 4 is 24.6 Å². The van der Waals surface area contributed by atoms with E-state index < -0.39 is 6.04 Å². The van der Waals surface area contributed by atoms with Gasteiger partial charge in [0.05, 0.1) is 0 Å². The van der Waals surface area contributed by atoms with E-state index in [1.807, 2.05) is 20.8 Å². The molecule has 6 nitrogen and oxygen atoms in total. The summed E-state index contributed by atoms with van der Waals surface area (Å²) >= 11 is 4.18. The minimum atomic E-state index is -0.561. The minimum absolute atomic E-state index is 0.188. The van der Waals surface area contributed by atoms with Gasteiger partial charge in [0.1, 0.15) is 6.04 Å². The molecule has 0 aliphatic rings. The second kappa shape index (κ2) is 12.5. The molecular weight excluding hydrogens is 312 g/mol. The normalized spacial score (nSPS) is 12.6. The van der Waals surface area contributed by atoms with E-state index in [9.17, 15) is 9.59 Å². The number of carbonyl (C=O) groups excluding carboxylic acids is 2. The van der Waals surface area contributed by atoms with Crippen LogP contribution in [-0.2, 0) is 4.79 Å². The number of thiol groups is 1. The van der Waals surface area contributed by atoms with E-state index in [1.54, 1.807) is 6.92 Å². The second-order valence-electron chi connectivity index (χ2n) is 6.75. The average Bonchev–Trinajstić information content (AvgIpc) is 2.43. The summed E-state index contributed by atoms with van der Waals surface area (Å²) in [6.45, 7) is 9.61. The maximum Gasteiger partial charge on any atom is 0.315 e. The van der Waals surface area contributed by atoms with Crippen LogP contribution in [0.2, 0.25) is 0 Å². The Morgan fingerprint density at radius 3 is 2.26 bits per heavy atom. The monoisotopic (exact) mass is 346 g/mol. The van der Waals surface area contributed by atoms with Crippen LogP contribution in [0.4, 0.5) is 4.79 Å². The number of hydrogen-bond donors (Lipinski definition) is 5. The summed E-state index contributed by atoms with van der Waals surface area (Å²) < 4.78 is 0. The van der Waals surface area contributed by atoms with Gasteiger partial charge in [0, 0.05) is 18.6 Å². The molecule has 7 heteroatoms. The van der Waals surface area contributed by atoms with Gasteiger partial charge in [-0.25, -0.2) is 4.79 Å². The van der Waals surface area contributed by atoms with Gasteiger partial charge in [-0.3, -0.25) is 4.79 Å². The van der Waals surface area contributed by atoms with Crippen LogP contribution in [0.15, 0.2) is 0 Å². The van der Waals surface area contributed by atoms with Gasteiger partial charge in [-0.05, 0) is 52.8 Å². The molecule has 1 atom stereocenters. The van der Waals surface area contributed by atoms with Crippen molar-refractivity contribution in [3.63, 3.8) is 0 Å². The van der Waals surface area contributed by atoms with Gasteiger partial charge in [0.25, 0.3) is 0 Å². The quantitative estimate of drug-likeness (QED) is 0.291. The summed E-state index contributed by atoms with van der Waals surface area (Å²) in [5.74, 6) is 0.769. The molecule has 0 heterocycles. The first-order valence-corrected chi connectivity index (χ1v) is 9.07. The number of amides is 3. The fraction of sp³-hybridized carbons (Fsp3) is 0.875. The number of unbranched alkanes of at least 4 members (excludes halogenated alkanes) is 3. The summed E-state index contributed by atoms with van der Waals surface area (Å²) in [5, 5.41) is 11.5. The van der Waals surface area contributed by atoms with E-state index in [0.717, 1.165) is 25.3 Å². The van der Waals surface area contributed by atoms with Crippen LogP contribution in [0.5, 0.6) is 0 Å². The molecule has 0 aromatic rings. The van der Waals surface area contributed by atoms with Crippen molar-refractivity contribution in [3.05, 3.63) is 0 Å². The van der Waals surface area contributed by atoms with Crippen LogP contribution < -0.4 is 21.3 Å². The average molecular weight is 347 g/mol. The molecule has 4 N–H and O–H groups in total. The maximum atomic E-state index is 11.8. The summed E-state index contributed by atoms with van der Waals surface area (Å²) in [6.07, 6.45) is 4.75. The zero-order chi connectivity index (χ0) is 17.7. The highest BCUT2D eigenvalue weighted by molar-refractivity contribution is 7.80. The molecule has 0 aliphatic carbocycles. The van der Waals surface area contributed by atoms with Crippen molar-refractivity contribution in [3.8, 4) is 0 Å². The lowest BCUT2D eigenvalue weighted by Gasteiger charge is -2.23. The largest absolute Gasteiger partial charge is 0.350 e. The summed E-state index contributed by atoms with van der Waals surface area (Å²) in [6, 6.07) is -0.883. The Hall–Kier alpha value is -0.950. The Morgan fingerprint density at radius 1 is 1.00 bits per heavy atom. The molecule has 0 saturated carbocycles. The zero-order valence-corrected chi connectivity index (χ0v) is 15.9. The van der Waals surface area contributed by atoms with Crippen molar-refractivity contribution in [2.45, 2.75) is 65.0 Å². The molecule has 0 radical (unpaired) electrons. The maximum absolute atomic E-state index is 11.8. The van der Waals surface area contributed by atoms with E-state index >= 15 is 0 Å². The predicted octanol–water partition coefficient (Wildman–Crippen LogP) is 1.67. The van der Waals surface area contributed by atoms with Gasteiger partial charge in [-0.15, -0.1) is 0 Å². The summed E-state index contributed by atoms with van der Waals surface area (Å²) in [7, 11) is 0. The van der Waals surface area contributed by atoms with Gasteiger partial charge in [-0.2, -0.15) is 12.6 Å². The number of rotatable bonds is 11. The highest BCUT2D eigenvalue weighted by Crippen LogP contribution is 2.00. The number of hydrogen-bond acceptors (Lipinski definition) is 4. The lowest BCUT2D eigenvalue weighted by molar-refractivity contribution is -0.123. The molecule has 0 bridgehead atoms. The van der Waals surface area contributed by atoms with E-state index in [-0.39, 0.29) is 17.5 Å². The van der Waals surface area contributed by atoms with E-state index in [0.29, 0.717) is 6.54 Å². The SMILES string of the molecule is C[C@@H](NC(=O)NCCNCCCCCCS)C(=O)NC(C)(C)C. The molecule has 0 unspecified atom stereocenters. The number of carbonyl (C=O) groups is 2.